The van der Waals surface area contributed by atoms with E-state index in [4.69, 9.17) is 4.74 Å². The van der Waals surface area contributed by atoms with Gasteiger partial charge in [-0.25, -0.2) is 4.68 Å². The van der Waals surface area contributed by atoms with Gasteiger partial charge in [-0.1, -0.05) is 6.92 Å². The third kappa shape index (κ3) is 2.78. The van der Waals surface area contributed by atoms with Crippen molar-refractivity contribution in [3.63, 3.8) is 0 Å². The number of hydrogen-bond donors (Lipinski definition) is 0. The summed E-state index contributed by atoms with van der Waals surface area (Å²) in [6, 6.07) is 4.67. The van der Waals surface area contributed by atoms with Gasteiger partial charge in [0.15, 0.2) is 0 Å². The van der Waals surface area contributed by atoms with Crippen LogP contribution in [0.25, 0.3) is 16.6 Å². The number of aryl methyl sites for hydroxylation is 2. The van der Waals surface area contributed by atoms with Gasteiger partial charge in [0.2, 0.25) is 0 Å². The minimum absolute atomic E-state index is 0.247. The maximum atomic E-state index is 5.49. The molecule has 0 amide bonds. The number of hydrogen-bond acceptors (Lipinski definition) is 4. The first-order valence-electron chi connectivity index (χ1n) is 10.2. The number of likely N-dealkylation sites (tertiary alicyclic amines) is 1. The van der Waals surface area contributed by atoms with Gasteiger partial charge in [-0.3, -0.25) is 9.58 Å². The number of piperidine rings is 1. The highest BCUT2D eigenvalue weighted by molar-refractivity contribution is 5.82. The van der Waals surface area contributed by atoms with Crippen molar-refractivity contribution in [1.82, 2.24) is 24.5 Å². The number of ether oxygens (including phenoxy) is 1. The van der Waals surface area contributed by atoms with E-state index in [1.807, 2.05) is 35.0 Å². The molecule has 6 heteroatoms. The first-order valence-corrected chi connectivity index (χ1v) is 10.2. The minimum Gasteiger partial charge on any atom is -0.377 e. The molecule has 2 aliphatic heterocycles. The molecule has 2 saturated heterocycles. The number of aromatic nitrogens is 4. The molecular formula is C22H29N5O. The first kappa shape index (κ1) is 17.9. The van der Waals surface area contributed by atoms with Crippen molar-refractivity contribution in [2.45, 2.75) is 38.6 Å². The number of rotatable bonds is 3. The third-order valence-electron chi connectivity index (χ3n) is 6.79. The van der Waals surface area contributed by atoms with E-state index in [0.717, 1.165) is 32.0 Å². The van der Waals surface area contributed by atoms with E-state index in [-0.39, 0.29) is 5.54 Å². The zero-order valence-corrected chi connectivity index (χ0v) is 17.2. The molecule has 28 heavy (non-hydrogen) atoms. The van der Waals surface area contributed by atoms with Crippen molar-refractivity contribution in [2.75, 3.05) is 26.3 Å². The van der Waals surface area contributed by atoms with E-state index in [1.165, 1.54) is 28.5 Å². The molecule has 1 aromatic carbocycles. The normalized spacial score (nSPS) is 25.1. The molecule has 5 rings (SSSR count). The Morgan fingerprint density at radius 2 is 2.00 bits per heavy atom. The van der Waals surface area contributed by atoms with E-state index in [9.17, 15) is 0 Å². The molecule has 0 radical (unpaired) electrons. The molecular weight excluding hydrogens is 350 g/mol. The molecule has 6 nitrogen and oxygen atoms in total. The molecule has 2 fully saturated rings. The highest BCUT2D eigenvalue weighted by Gasteiger charge is 2.42. The fourth-order valence-corrected chi connectivity index (χ4v) is 5.00. The number of fused-ring (bicyclic) bond motifs is 1. The SMILES string of the molecule is Cc1cc2cnn(-c3cnn(C)c3)c2cc1[C@@H]1CCN(C2(C)COC2)C[C@@H]1C. The molecule has 2 atom stereocenters. The van der Waals surface area contributed by atoms with E-state index in [1.54, 1.807) is 0 Å². The summed E-state index contributed by atoms with van der Waals surface area (Å²) in [5, 5.41) is 10.1. The third-order valence-corrected chi connectivity index (χ3v) is 6.79. The summed E-state index contributed by atoms with van der Waals surface area (Å²) in [7, 11) is 1.94. The van der Waals surface area contributed by atoms with Gasteiger partial charge in [0, 0.05) is 19.0 Å². The molecule has 0 saturated carbocycles. The second kappa shape index (κ2) is 6.42. The van der Waals surface area contributed by atoms with Crippen LogP contribution < -0.4 is 0 Å². The predicted molar refractivity (Wildman–Crippen MR) is 110 cm³/mol. The average molecular weight is 380 g/mol. The molecule has 0 unspecified atom stereocenters. The summed E-state index contributed by atoms with van der Waals surface area (Å²) < 4.78 is 9.33. The lowest BCUT2D eigenvalue weighted by Crippen LogP contribution is -2.62. The summed E-state index contributed by atoms with van der Waals surface area (Å²) >= 11 is 0. The number of benzene rings is 1. The molecule has 4 heterocycles. The molecule has 0 spiro atoms. The molecule has 0 bridgehead atoms. The predicted octanol–water partition coefficient (Wildman–Crippen LogP) is 3.28. The van der Waals surface area contributed by atoms with Crippen LogP contribution in [-0.4, -0.2) is 56.3 Å². The largest absolute Gasteiger partial charge is 0.377 e. The summed E-state index contributed by atoms with van der Waals surface area (Å²) in [5.41, 5.74) is 5.27. The Bertz CT molecular complexity index is 1020. The zero-order chi connectivity index (χ0) is 19.5. The van der Waals surface area contributed by atoms with Gasteiger partial charge < -0.3 is 4.74 Å². The Labute approximate surface area is 166 Å². The monoisotopic (exact) mass is 379 g/mol. The number of nitrogens with zero attached hydrogens (tertiary/aromatic N) is 5. The second-order valence-corrected chi connectivity index (χ2v) is 9.00. The summed E-state index contributed by atoms with van der Waals surface area (Å²) in [6.07, 6.45) is 7.04. The van der Waals surface area contributed by atoms with Crippen LogP contribution in [0.2, 0.25) is 0 Å². The fraction of sp³-hybridized carbons (Fsp3) is 0.545. The Morgan fingerprint density at radius 1 is 1.18 bits per heavy atom. The van der Waals surface area contributed by atoms with E-state index in [0.29, 0.717) is 11.8 Å². The van der Waals surface area contributed by atoms with E-state index < -0.39 is 0 Å². The van der Waals surface area contributed by atoms with Gasteiger partial charge >= 0.3 is 0 Å². The fourth-order valence-electron chi connectivity index (χ4n) is 5.00. The Hall–Kier alpha value is -2.18. The summed E-state index contributed by atoms with van der Waals surface area (Å²) in [6.45, 7) is 11.0. The first-order chi connectivity index (χ1) is 13.4. The van der Waals surface area contributed by atoms with Crippen molar-refractivity contribution < 1.29 is 4.74 Å². The molecule has 0 N–H and O–H groups in total. The van der Waals surface area contributed by atoms with Crippen LogP contribution in [-0.2, 0) is 11.8 Å². The summed E-state index contributed by atoms with van der Waals surface area (Å²) in [5.74, 6) is 1.21. The van der Waals surface area contributed by atoms with Crippen LogP contribution in [0.1, 0.15) is 37.3 Å². The molecule has 2 aromatic heterocycles. The lowest BCUT2D eigenvalue weighted by Gasteiger charge is -2.51. The van der Waals surface area contributed by atoms with Gasteiger partial charge in [0.05, 0.1) is 42.9 Å². The van der Waals surface area contributed by atoms with Crippen molar-refractivity contribution in [3.8, 4) is 5.69 Å². The highest BCUT2D eigenvalue weighted by Crippen LogP contribution is 2.39. The van der Waals surface area contributed by atoms with Gasteiger partial charge in [0.1, 0.15) is 5.69 Å². The van der Waals surface area contributed by atoms with Crippen LogP contribution in [0.5, 0.6) is 0 Å². The average Bonchev–Trinajstić information content (AvgIpc) is 3.24. The van der Waals surface area contributed by atoms with Gasteiger partial charge in [-0.2, -0.15) is 10.2 Å². The van der Waals surface area contributed by atoms with Crippen molar-refractivity contribution >= 4 is 10.9 Å². The zero-order valence-electron chi connectivity index (χ0n) is 17.2. The van der Waals surface area contributed by atoms with Crippen molar-refractivity contribution in [2.24, 2.45) is 13.0 Å². The van der Waals surface area contributed by atoms with Crippen LogP contribution in [0.4, 0.5) is 0 Å². The van der Waals surface area contributed by atoms with Crippen LogP contribution >= 0.6 is 0 Å². The van der Waals surface area contributed by atoms with Crippen LogP contribution in [0.3, 0.4) is 0 Å². The second-order valence-electron chi connectivity index (χ2n) is 9.00. The Kier molecular flexibility index (Phi) is 4.10. The topological polar surface area (TPSA) is 48.1 Å². The Balaban J connectivity index is 1.48. The lowest BCUT2D eigenvalue weighted by molar-refractivity contribution is -0.141. The van der Waals surface area contributed by atoms with Gasteiger partial charge in [0.25, 0.3) is 0 Å². The maximum absolute atomic E-state index is 5.49. The van der Waals surface area contributed by atoms with Crippen LogP contribution in [0, 0.1) is 12.8 Å². The summed E-state index contributed by atoms with van der Waals surface area (Å²) in [4.78, 5) is 2.64. The molecule has 0 aliphatic carbocycles. The Morgan fingerprint density at radius 3 is 2.64 bits per heavy atom. The molecule has 3 aromatic rings. The van der Waals surface area contributed by atoms with Crippen molar-refractivity contribution in [1.29, 1.82) is 0 Å². The van der Waals surface area contributed by atoms with Crippen LogP contribution in [0.15, 0.2) is 30.7 Å². The maximum Gasteiger partial charge on any atom is 0.103 e. The minimum atomic E-state index is 0.247. The molecule has 148 valence electrons. The van der Waals surface area contributed by atoms with Gasteiger partial charge in [-0.05, 0) is 61.9 Å². The standard InChI is InChI=1S/C22H29N5O/c1-15-7-17-9-24-27(18-10-23-25(4)12-18)21(17)8-20(15)19-5-6-26(11-16(19)2)22(3)13-28-14-22/h7-10,12,16,19H,5-6,11,13-14H2,1-4H3/t16-,19+/m0/s1. The molecule has 2 aliphatic rings. The van der Waals surface area contributed by atoms with E-state index >= 15 is 0 Å². The lowest BCUT2D eigenvalue weighted by atomic mass is 9.78. The highest BCUT2D eigenvalue weighted by atomic mass is 16.5. The van der Waals surface area contributed by atoms with Crippen molar-refractivity contribution in [3.05, 3.63) is 41.9 Å². The van der Waals surface area contributed by atoms with E-state index in [2.05, 4.69) is 48.0 Å². The smallest absolute Gasteiger partial charge is 0.103 e. The quantitative estimate of drug-likeness (QED) is 0.701. The van der Waals surface area contributed by atoms with Gasteiger partial charge in [-0.15, -0.1) is 0 Å².